The van der Waals surface area contributed by atoms with Gasteiger partial charge >= 0.3 is 5.97 Å². The monoisotopic (exact) mass is 510 g/mol. The zero-order valence-corrected chi connectivity index (χ0v) is 22.3. The van der Waals surface area contributed by atoms with Crippen LogP contribution in [0.3, 0.4) is 0 Å². The molecule has 0 saturated carbocycles. The van der Waals surface area contributed by atoms with Gasteiger partial charge in [-0.25, -0.2) is 4.79 Å². The molecule has 0 aromatic heterocycles. The van der Waals surface area contributed by atoms with Crippen LogP contribution < -0.4 is 0 Å². The first-order valence-corrected chi connectivity index (χ1v) is 13.4. The molecule has 0 amide bonds. The number of esters is 1. The standard InChI is InChI=1S/C31H42O6/c1-23-8-4-10-26-11-6-12-27(36-26)13-7-15-31(33)37-30(14-5-9-25(32)20-23)22-28(34-3)16-17-29-21-24(2)18-19-35-29/h5-6,9,12,16-18,25-30,32H,1,4,8,10-11,13-14,19-22H2,2-3H3. The highest BCUT2D eigenvalue weighted by Crippen LogP contribution is 2.22. The van der Waals surface area contributed by atoms with E-state index in [1.54, 1.807) is 13.2 Å². The molecule has 3 aliphatic heterocycles. The van der Waals surface area contributed by atoms with Crippen LogP contribution in [0, 0.1) is 11.8 Å². The number of methoxy groups -OCH3 is 1. The van der Waals surface area contributed by atoms with Crippen molar-refractivity contribution in [2.45, 2.75) is 101 Å². The first kappa shape index (κ1) is 29.1. The molecule has 0 spiro atoms. The van der Waals surface area contributed by atoms with E-state index in [4.69, 9.17) is 18.9 Å². The molecule has 0 saturated heterocycles. The molecule has 3 rings (SSSR count). The number of ether oxygens (including phenoxy) is 4. The molecule has 37 heavy (non-hydrogen) atoms. The van der Waals surface area contributed by atoms with Crippen molar-refractivity contribution < 1.29 is 28.8 Å². The summed E-state index contributed by atoms with van der Waals surface area (Å²) in [5.74, 6) is 4.98. The molecular formula is C31H42O6. The third-order valence-corrected chi connectivity index (χ3v) is 6.80. The third kappa shape index (κ3) is 11.2. The van der Waals surface area contributed by atoms with Gasteiger partial charge in [-0.15, -0.1) is 0 Å². The number of cyclic esters (lactones) is 1. The van der Waals surface area contributed by atoms with Crippen LogP contribution in [0.2, 0.25) is 0 Å². The summed E-state index contributed by atoms with van der Waals surface area (Å²) < 4.78 is 23.3. The fourth-order valence-electron chi connectivity index (χ4n) is 4.72. The highest BCUT2D eigenvalue weighted by atomic mass is 16.5. The van der Waals surface area contributed by atoms with Gasteiger partial charge in [-0.1, -0.05) is 66.2 Å². The molecule has 6 atom stereocenters. The molecule has 6 nitrogen and oxygen atoms in total. The van der Waals surface area contributed by atoms with Crippen LogP contribution in [-0.4, -0.2) is 61.4 Å². The number of hydrogen-bond donors (Lipinski definition) is 1. The van der Waals surface area contributed by atoms with Crippen LogP contribution in [0.25, 0.3) is 0 Å². The van der Waals surface area contributed by atoms with Crippen LogP contribution in [0.15, 0.2) is 60.3 Å². The molecule has 0 aliphatic carbocycles. The van der Waals surface area contributed by atoms with E-state index in [-0.39, 0.29) is 24.4 Å². The summed E-state index contributed by atoms with van der Waals surface area (Å²) in [7, 11) is 1.64. The van der Waals surface area contributed by atoms with Crippen molar-refractivity contribution in [1.82, 2.24) is 0 Å². The second-order valence-corrected chi connectivity index (χ2v) is 10.1. The fraction of sp³-hybridized carbons (Fsp3) is 0.581. The Balaban J connectivity index is 1.67. The molecule has 0 radical (unpaired) electrons. The lowest BCUT2D eigenvalue weighted by molar-refractivity contribution is -0.143. The van der Waals surface area contributed by atoms with E-state index in [9.17, 15) is 9.90 Å². The van der Waals surface area contributed by atoms with Crippen LogP contribution in [0.4, 0.5) is 0 Å². The largest absolute Gasteiger partial charge is 0.452 e. The second kappa shape index (κ2) is 15.7. The van der Waals surface area contributed by atoms with Crippen molar-refractivity contribution in [3.63, 3.8) is 0 Å². The molecule has 0 aromatic rings. The summed E-state index contributed by atoms with van der Waals surface area (Å²) in [6.07, 6.45) is 18.9. The normalized spacial score (nSPS) is 31.0. The van der Waals surface area contributed by atoms with Gasteiger partial charge < -0.3 is 24.1 Å². The molecular weight excluding hydrogens is 468 g/mol. The lowest BCUT2D eigenvalue weighted by Crippen LogP contribution is -2.25. The molecule has 6 unspecified atom stereocenters. The highest BCUT2D eigenvalue weighted by Gasteiger charge is 2.20. The first-order valence-electron chi connectivity index (χ1n) is 13.4. The van der Waals surface area contributed by atoms with Crippen molar-refractivity contribution in [3.8, 4) is 11.8 Å². The lowest BCUT2D eigenvalue weighted by atomic mass is 9.99. The Morgan fingerprint density at radius 1 is 1.27 bits per heavy atom. The average molecular weight is 511 g/mol. The van der Waals surface area contributed by atoms with E-state index in [0.717, 1.165) is 37.7 Å². The maximum Gasteiger partial charge on any atom is 0.384 e. The summed E-state index contributed by atoms with van der Waals surface area (Å²) in [6.45, 7) is 6.85. The minimum Gasteiger partial charge on any atom is -0.452 e. The van der Waals surface area contributed by atoms with Crippen molar-refractivity contribution in [2.24, 2.45) is 0 Å². The number of fused-ring (bicyclic) bond motifs is 2. The number of rotatable bonds is 5. The number of carbonyl (C=O) groups excluding carboxylic acids is 1. The average Bonchev–Trinajstić information content (AvgIpc) is 2.86. The molecule has 0 aromatic carbocycles. The second-order valence-electron chi connectivity index (χ2n) is 10.1. The molecule has 3 aliphatic rings. The number of aliphatic hydroxyl groups is 1. The summed E-state index contributed by atoms with van der Waals surface area (Å²) in [6, 6.07) is 0. The number of carbonyl (C=O) groups is 1. The van der Waals surface area contributed by atoms with Crippen molar-refractivity contribution in [1.29, 1.82) is 0 Å². The fourth-order valence-corrected chi connectivity index (χ4v) is 4.72. The first-order chi connectivity index (χ1) is 17.9. The Kier molecular flexibility index (Phi) is 12.4. The Labute approximate surface area is 222 Å². The molecule has 0 fully saturated rings. The molecule has 3 heterocycles. The van der Waals surface area contributed by atoms with Gasteiger partial charge in [-0.05, 0) is 45.4 Å². The van der Waals surface area contributed by atoms with E-state index in [1.807, 2.05) is 24.3 Å². The van der Waals surface area contributed by atoms with Gasteiger partial charge in [-0.2, -0.15) is 0 Å². The topological polar surface area (TPSA) is 74.2 Å². The Morgan fingerprint density at radius 3 is 2.92 bits per heavy atom. The van der Waals surface area contributed by atoms with Gasteiger partial charge in [0.25, 0.3) is 0 Å². The van der Waals surface area contributed by atoms with Crippen molar-refractivity contribution in [3.05, 3.63) is 60.3 Å². The maximum absolute atomic E-state index is 12.6. The quantitative estimate of drug-likeness (QED) is 0.239. The molecule has 6 heteroatoms. The van der Waals surface area contributed by atoms with E-state index < -0.39 is 18.2 Å². The van der Waals surface area contributed by atoms with E-state index in [1.165, 1.54) is 5.57 Å². The molecule has 2 bridgehead atoms. The van der Waals surface area contributed by atoms with Crippen LogP contribution in [0.1, 0.15) is 64.7 Å². The molecule has 202 valence electrons. The van der Waals surface area contributed by atoms with Crippen molar-refractivity contribution in [2.75, 3.05) is 13.7 Å². The smallest absolute Gasteiger partial charge is 0.384 e. The minimum absolute atomic E-state index is 0.0140. The maximum atomic E-state index is 12.6. The summed E-state index contributed by atoms with van der Waals surface area (Å²) in [5, 5.41) is 10.5. The summed E-state index contributed by atoms with van der Waals surface area (Å²) >= 11 is 0. The van der Waals surface area contributed by atoms with Gasteiger partial charge in [0.1, 0.15) is 6.10 Å². The minimum atomic E-state index is -0.626. The van der Waals surface area contributed by atoms with E-state index in [0.29, 0.717) is 32.3 Å². The Bertz CT molecular complexity index is 933. The zero-order valence-electron chi connectivity index (χ0n) is 22.3. The third-order valence-electron chi connectivity index (χ3n) is 6.80. The predicted molar refractivity (Wildman–Crippen MR) is 145 cm³/mol. The summed E-state index contributed by atoms with van der Waals surface area (Å²) in [4.78, 5) is 12.6. The number of hydrogen-bond acceptors (Lipinski definition) is 6. The Morgan fingerprint density at radius 2 is 2.11 bits per heavy atom. The zero-order chi connectivity index (χ0) is 26.5. The lowest BCUT2D eigenvalue weighted by Gasteiger charge is -2.25. The van der Waals surface area contributed by atoms with Crippen LogP contribution in [-0.2, 0) is 23.7 Å². The van der Waals surface area contributed by atoms with Gasteiger partial charge in [-0.3, -0.25) is 0 Å². The van der Waals surface area contributed by atoms with Crippen molar-refractivity contribution >= 4 is 5.97 Å². The SMILES string of the molecule is C=C1CCCC2CC=CC(CC#CC(=O)OC(CC(C=CC3CC(C)=CCO3)OC)CC=CC(O)C1)O2. The van der Waals surface area contributed by atoms with E-state index >= 15 is 0 Å². The van der Waals surface area contributed by atoms with Crippen LogP contribution in [0.5, 0.6) is 0 Å². The predicted octanol–water partition coefficient (Wildman–Crippen LogP) is 5.14. The Hall–Kier alpha value is -2.43. The van der Waals surface area contributed by atoms with Gasteiger partial charge in [0.05, 0.1) is 37.1 Å². The van der Waals surface area contributed by atoms with Gasteiger partial charge in [0.2, 0.25) is 0 Å². The van der Waals surface area contributed by atoms with Gasteiger partial charge in [0, 0.05) is 32.3 Å². The van der Waals surface area contributed by atoms with E-state index in [2.05, 4.69) is 37.5 Å². The number of aliphatic hydroxyl groups excluding tert-OH is 1. The van der Waals surface area contributed by atoms with Gasteiger partial charge in [0.15, 0.2) is 0 Å². The summed E-state index contributed by atoms with van der Waals surface area (Å²) in [5.41, 5.74) is 2.33. The highest BCUT2D eigenvalue weighted by molar-refractivity contribution is 5.88. The molecule has 1 N–H and O–H groups in total. The van der Waals surface area contributed by atoms with Crippen LogP contribution >= 0.6 is 0 Å².